The van der Waals surface area contributed by atoms with E-state index in [0.29, 0.717) is 16.5 Å². The highest BCUT2D eigenvalue weighted by molar-refractivity contribution is 7.92. The summed E-state index contributed by atoms with van der Waals surface area (Å²) in [6.07, 6.45) is -1.80. The van der Waals surface area contributed by atoms with Gasteiger partial charge < -0.3 is 9.73 Å². The molecule has 42 heavy (non-hydrogen) atoms. The van der Waals surface area contributed by atoms with E-state index >= 15 is 0 Å². The Balaban J connectivity index is 2.02. The van der Waals surface area contributed by atoms with Crippen LogP contribution < -0.4 is 9.62 Å². The molecule has 0 saturated carbocycles. The number of halogens is 4. The van der Waals surface area contributed by atoms with Gasteiger partial charge >= 0.3 is 0 Å². The first-order chi connectivity index (χ1) is 19.9. The number of hydrogen-bond acceptors (Lipinski definition) is 5. The number of nitrogens with one attached hydrogen (secondary N) is 1. The number of sulfonamides is 1. The van der Waals surface area contributed by atoms with Gasteiger partial charge in [-0.2, -0.15) is 0 Å². The Labute approximate surface area is 240 Å². The van der Waals surface area contributed by atoms with E-state index in [1.807, 2.05) is 0 Å². The lowest BCUT2D eigenvalue weighted by molar-refractivity contribution is 0.0891. The number of carbonyl (C=O) groups excluding carboxylic acids is 2. The molecule has 0 bridgehead atoms. The number of carbonyl (C=O) groups is 2. The molecule has 0 atom stereocenters. The molecule has 4 rings (SSSR count). The highest BCUT2D eigenvalue weighted by atomic mass is 32.2. The second-order valence-electron chi connectivity index (χ2n) is 9.51. The van der Waals surface area contributed by atoms with Crippen molar-refractivity contribution < 1.29 is 40.0 Å². The topological polar surface area (TPSA) is 96.7 Å². The zero-order valence-electron chi connectivity index (χ0n) is 22.8. The van der Waals surface area contributed by atoms with Crippen molar-refractivity contribution in [1.82, 2.24) is 5.32 Å². The fourth-order valence-corrected chi connectivity index (χ4v) is 5.57. The van der Waals surface area contributed by atoms with Crippen LogP contribution in [-0.2, 0) is 10.0 Å². The van der Waals surface area contributed by atoms with Gasteiger partial charge in [0.2, 0.25) is 10.0 Å². The summed E-state index contributed by atoms with van der Waals surface area (Å²) in [5.41, 5.74) is 1.52. The van der Waals surface area contributed by atoms with E-state index in [1.165, 1.54) is 48.5 Å². The van der Waals surface area contributed by atoms with Crippen LogP contribution in [0.15, 0.2) is 65.1 Å². The third-order valence-electron chi connectivity index (χ3n) is 6.53. The fraction of sp³-hybridized carbons (Fsp3) is 0.267. The van der Waals surface area contributed by atoms with Gasteiger partial charge in [-0.25, -0.2) is 21.6 Å². The SMILES string of the molecule is CCC(=O)c1c(-c2ccc(F)cc2)oc2cc(N(CCCF)S(C)(=O)=O)c(-c3cccc(C(=O)NCC(F)F)c3)cc12. The van der Waals surface area contributed by atoms with Crippen LogP contribution in [-0.4, -0.2) is 52.6 Å². The predicted molar refractivity (Wildman–Crippen MR) is 153 cm³/mol. The Morgan fingerprint density at radius 3 is 2.36 bits per heavy atom. The van der Waals surface area contributed by atoms with Gasteiger partial charge in [0.15, 0.2) is 5.78 Å². The van der Waals surface area contributed by atoms with Crippen molar-refractivity contribution in [3.8, 4) is 22.5 Å². The van der Waals surface area contributed by atoms with Crippen LogP contribution in [0.25, 0.3) is 33.4 Å². The largest absolute Gasteiger partial charge is 0.455 e. The number of amides is 1. The van der Waals surface area contributed by atoms with E-state index in [1.54, 1.807) is 19.1 Å². The smallest absolute Gasteiger partial charge is 0.255 e. The average Bonchev–Trinajstić information content (AvgIpc) is 3.33. The minimum atomic E-state index is -3.96. The van der Waals surface area contributed by atoms with E-state index < -0.39 is 41.4 Å². The third kappa shape index (κ3) is 6.64. The number of Topliss-reactive ketones (excluding diaryl/α,β-unsaturated/α-hetero) is 1. The zero-order chi connectivity index (χ0) is 30.6. The zero-order valence-corrected chi connectivity index (χ0v) is 23.6. The van der Waals surface area contributed by atoms with Crippen molar-refractivity contribution >= 4 is 38.4 Å². The summed E-state index contributed by atoms with van der Waals surface area (Å²) in [5, 5.41) is 2.47. The summed E-state index contributed by atoms with van der Waals surface area (Å²) < 4.78 is 85.1. The van der Waals surface area contributed by atoms with Gasteiger partial charge in [-0.15, -0.1) is 0 Å². The molecule has 7 nitrogen and oxygen atoms in total. The number of alkyl halides is 3. The maximum atomic E-state index is 13.7. The van der Waals surface area contributed by atoms with E-state index in [0.717, 1.165) is 10.6 Å². The van der Waals surface area contributed by atoms with Crippen LogP contribution >= 0.6 is 0 Å². The number of ketones is 1. The van der Waals surface area contributed by atoms with Crippen LogP contribution in [0.4, 0.5) is 23.2 Å². The lowest BCUT2D eigenvalue weighted by Crippen LogP contribution is -2.31. The van der Waals surface area contributed by atoms with Crippen molar-refractivity contribution in [3.05, 3.63) is 77.6 Å². The molecule has 3 aromatic carbocycles. The van der Waals surface area contributed by atoms with E-state index in [9.17, 15) is 35.6 Å². The normalized spacial score (nSPS) is 11.7. The number of anilines is 1. The Morgan fingerprint density at radius 1 is 1.02 bits per heavy atom. The lowest BCUT2D eigenvalue weighted by Gasteiger charge is -2.25. The van der Waals surface area contributed by atoms with Gasteiger partial charge in [-0.1, -0.05) is 19.1 Å². The Hall–Kier alpha value is -4.19. The van der Waals surface area contributed by atoms with Gasteiger partial charge in [-0.3, -0.25) is 18.3 Å². The molecule has 0 saturated heterocycles. The van der Waals surface area contributed by atoms with E-state index in [-0.39, 0.29) is 58.9 Å². The summed E-state index contributed by atoms with van der Waals surface area (Å²) in [4.78, 5) is 25.7. The average molecular weight is 605 g/mol. The molecule has 222 valence electrons. The maximum Gasteiger partial charge on any atom is 0.255 e. The second kappa shape index (κ2) is 12.8. The molecule has 0 aliphatic rings. The second-order valence-corrected chi connectivity index (χ2v) is 11.4. The molecule has 0 aliphatic carbocycles. The molecular formula is C30H28F4N2O5S. The molecule has 0 fully saturated rings. The van der Waals surface area contributed by atoms with Gasteiger partial charge in [0.1, 0.15) is 17.2 Å². The van der Waals surface area contributed by atoms with Gasteiger partial charge in [0, 0.05) is 41.1 Å². The van der Waals surface area contributed by atoms with Crippen LogP contribution in [0.2, 0.25) is 0 Å². The Kier molecular flexibility index (Phi) is 9.35. The fourth-order valence-electron chi connectivity index (χ4n) is 4.60. The number of rotatable bonds is 12. The van der Waals surface area contributed by atoms with Crippen LogP contribution in [0.1, 0.15) is 40.5 Å². The molecule has 0 aliphatic heterocycles. The van der Waals surface area contributed by atoms with Crippen molar-refractivity contribution in [2.45, 2.75) is 26.2 Å². The molecule has 1 aromatic heterocycles. The minimum Gasteiger partial charge on any atom is -0.455 e. The molecule has 12 heteroatoms. The Bertz CT molecular complexity index is 1720. The van der Waals surface area contributed by atoms with Crippen molar-refractivity contribution in [3.63, 3.8) is 0 Å². The highest BCUT2D eigenvalue weighted by Gasteiger charge is 2.27. The number of hydrogen-bond donors (Lipinski definition) is 1. The summed E-state index contributed by atoms with van der Waals surface area (Å²) in [6, 6.07) is 14.2. The van der Waals surface area contributed by atoms with E-state index in [2.05, 4.69) is 5.32 Å². The molecule has 0 radical (unpaired) electrons. The number of nitrogens with zero attached hydrogens (tertiary/aromatic N) is 1. The first-order valence-corrected chi connectivity index (χ1v) is 14.9. The molecule has 1 amide bonds. The molecular weight excluding hydrogens is 576 g/mol. The number of fused-ring (bicyclic) bond motifs is 1. The van der Waals surface area contributed by atoms with Crippen LogP contribution in [0.5, 0.6) is 0 Å². The van der Waals surface area contributed by atoms with Crippen molar-refractivity contribution in [2.75, 3.05) is 30.3 Å². The van der Waals surface area contributed by atoms with Gasteiger partial charge in [0.25, 0.3) is 12.3 Å². The molecule has 0 spiro atoms. The van der Waals surface area contributed by atoms with Crippen LogP contribution in [0.3, 0.4) is 0 Å². The van der Waals surface area contributed by atoms with Gasteiger partial charge in [0.05, 0.1) is 30.7 Å². The van der Waals surface area contributed by atoms with Crippen LogP contribution in [0, 0.1) is 5.82 Å². The summed E-state index contributed by atoms with van der Waals surface area (Å²) in [7, 11) is -3.96. The standard InChI is InChI=1S/C30H28F4N2O5S/c1-3-25(37)28-23-15-22(19-6-4-7-20(14-19)30(38)35-17-27(33)34)24(36(13-5-12-31)42(2,39)40)16-26(23)41-29(28)18-8-10-21(32)11-9-18/h4,6-11,14-16,27H,3,5,12-13,17H2,1-2H3,(H,35,38). The molecule has 1 heterocycles. The number of benzene rings is 3. The van der Waals surface area contributed by atoms with Crippen molar-refractivity contribution in [1.29, 1.82) is 0 Å². The maximum absolute atomic E-state index is 13.7. The number of furan rings is 1. The minimum absolute atomic E-state index is 0.0397. The summed E-state index contributed by atoms with van der Waals surface area (Å²) in [5.74, 6) is -1.38. The first kappa shape index (κ1) is 30.8. The highest BCUT2D eigenvalue weighted by Crippen LogP contribution is 2.42. The third-order valence-corrected chi connectivity index (χ3v) is 7.71. The predicted octanol–water partition coefficient (Wildman–Crippen LogP) is 6.62. The van der Waals surface area contributed by atoms with Gasteiger partial charge in [-0.05, 0) is 54.4 Å². The summed E-state index contributed by atoms with van der Waals surface area (Å²) >= 11 is 0. The first-order valence-electron chi connectivity index (χ1n) is 13.0. The molecule has 1 N–H and O–H groups in total. The lowest BCUT2D eigenvalue weighted by atomic mass is 9.95. The quantitative estimate of drug-likeness (QED) is 0.145. The monoisotopic (exact) mass is 604 g/mol. The van der Waals surface area contributed by atoms with Crippen molar-refractivity contribution in [2.24, 2.45) is 0 Å². The molecule has 4 aromatic rings. The molecule has 0 unspecified atom stereocenters. The Morgan fingerprint density at radius 2 is 1.74 bits per heavy atom. The summed E-state index contributed by atoms with van der Waals surface area (Å²) in [6.45, 7) is -0.188. The van der Waals surface area contributed by atoms with E-state index in [4.69, 9.17) is 4.42 Å².